The molecule has 6 nitrogen and oxygen atoms in total. The van der Waals surface area contributed by atoms with Crippen LogP contribution in [-0.4, -0.2) is 29.5 Å². The summed E-state index contributed by atoms with van der Waals surface area (Å²) in [6, 6.07) is 10.9. The number of hydrogen-bond donors (Lipinski definition) is 1. The molecule has 3 rings (SSSR count). The highest BCUT2D eigenvalue weighted by molar-refractivity contribution is 6.08. The third-order valence-corrected chi connectivity index (χ3v) is 3.59. The zero-order valence-corrected chi connectivity index (χ0v) is 13.2. The highest BCUT2D eigenvalue weighted by Crippen LogP contribution is 2.29. The summed E-state index contributed by atoms with van der Waals surface area (Å²) in [5.41, 5.74) is 1.66. The number of aryl methyl sites for hydroxylation is 1. The fourth-order valence-corrected chi connectivity index (χ4v) is 2.45. The molecule has 2 heterocycles. The number of fused-ring (bicyclic) bond motifs is 1. The smallest absolute Gasteiger partial charge is 0.276 e. The molecule has 0 saturated heterocycles. The summed E-state index contributed by atoms with van der Waals surface area (Å²) in [4.78, 5) is 17.0. The highest BCUT2D eigenvalue weighted by Gasteiger charge is 2.17. The van der Waals surface area contributed by atoms with Gasteiger partial charge < -0.3 is 19.2 Å². The number of ether oxygens (including phenoxy) is 2. The van der Waals surface area contributed by atoms with Crippen molar-refractivity contribution in [2.75, 3.05) is 19.5 Å². The quantitative estimate of drug-likeness (QED) is 0.804. The molecule has 0 saturated carbocycles. The van der Waals surface area contributed by atoms with Crippen LogP contribution in [0.4, 0.5) is 5.69 Å². The van der Waals surface area contributed by atoms with Crippen molar-refractivity contribution < 1.29 is 14.3 Å². The first-order valence-corrected chi connectivity index (χ1v) is 7.11. The minimum Gasteiger partial charge on any atom is -0.497 e. The SMILES string of the molecule is COc1ccc(OC)c(NC(=O)c2nc(C)n3ccccc23)c1. The van der Waals surface area contributed by atoms with Crippen LogP contribution in [0.1, 0.15) is 16.3 Å². The lowest BCUT2D eigenvalue weighted by atomic mass is 10.2. The lowest BCUT2D eigenvalue weighted by Crippen LogP contribution is -2.13. The number of carbonyl (C=O) groups is 1. The summed E-state index contributed by atoms with van der Waals surface area (Å²) in [7, 11) is 3.12. The summed E-state index contributed by atoms with van der Waals surface area (Å²) in [6.45, 7) is 1.86. The van der Waals surface area contributed by atoms with E-state index in [1.807, 2.05) is 35.7 Å². The van der Waals surface area contributed by atoms with Gasteiger partial charge in [0.25, 0.3) is 5.91 Å². The van der Waals surface area contributed by atoms with E-state index < -0.39 is 0 Å². The van der Waals surface area contributed by atoms with Gasteiger partial charge in [0.2, 0.25) is 0 Å². The van der Waals surface area contributed by atoms with Gasteiger partial charge in [0.15, 0.2) is 5.69 Å². The van der Waals surface area contributed by atoms with Crippen LogP contribution >= 0.6 is 0 Å². The molecule has 2 aromatic heterocycles. The standard InChI is InChI=1S/C17H17N3O3/c1-11-18-16(14-6-4-5-9-20(11)14)17(21)19-13-10-12(22-2)7-8-15(13)23-3/h4-10H,1-3H3,(H,19,21). The Bertz CT molecular complexity index is 871. The predicted octanol–water partition coefficient (Wildman–Crippen LogP) is 2.91. The third-order valence-electron chi connectivity index (χ3n) is 3.59. The van der Waals surface area contributed by atoms with Crippen molar-refractivity contribution in [3.05, 3.63) is 54.1 Å². The molecule has 0 aliphatic carbocycles. The van der Waals surface area contributed by atoms with E-state index in [4.69, 9.17) is 9.47 Å². The molecule has 0 bridgehead atoms. The Morgan fingerprint density at radius 3 is 2.74 bits per heavy atom. The van der Waals surface area contributed by atoms with Crippen LogP contribution in [-0.2, 0) is 0 Å². The van der Waals surface area contributed by atoms with E-state index in [9.17, 15) is 4.79 Å². The van der Waals surface area contributed by atoms with Gasteiger partial charge in [0.1, 0.15) is 17.3 Å². The van der Waals surface area contributed by atoms with E-state index in [1.54, 1.807) is 32.4 Å². The van der Waals surface area contributed by atoms with Gasteiger partial charge in [0.05, 0.1) is 25.4 Å². The molecule has 0 atom stereocenters. The van der Waals surface area contributed by atoms with E-state index in [-0.39, 0.29) is 5.91 Å². The fraction of sp³-hybridized carbons (Fsp3) is 0.176. The van der Waals surface area contributed by atoms with Gasteiger partial charge in [-0.1, -0.05) is 6.07 Å². The zero-order chi connectivity index (χ0) is 16.4. The zero-order valence-electron chi connectivity index (χ0n) is 13.2. The first kappa shape index (κ1) is 14.9. The minimum atomic E-state index is -0.298. The van der Waals surface area contributed by atoms with E-state index in [1.165, 1.54) is 0 Å². The van der Waals surface area contributed by atoms with Gasteiger partial charge in [-0.05, 0) is 31.2 Å². The van der Waals surface area contributed by atoms with Gasteiger partial charge in [-0.15, -0.1) is 0 Å². The van der Waals surface area contributed by atoms with Crippen molar-refractivity contribution in [1.29, 1.82) is 0 Å². The Morgan fingerprint density at radius 1 is 1.17 bits per heavy atom. The molecule has 118 valence electrons. The Hall–Kier alpha value is -3.02. The van der Waals surface area contributed by atoms with Crippen LogP contribution in [0.15, 0.2) is 42.6 Å². The number of imidazole rings is 1. The van der Waals surface area contributed by atoms with Crippen molar-refractivity contribution in [3.63, 3.8) is 0 Å². The number of hydrogen-bond acceptors (Lipinski definition) is 4. The number of benzene rings is 1. The van der Waals surface area contributed by atoms with Crippen molar-refractivity contribution in [2.45, 2.75) is 6.92 Å². The van der Waals surface area contributed by atoms with E-state index >= 15 is 0 Å². The van der Waals surface area contributed by atoms with Gasteiger partial charge in [0, 0.05) is 12.3 Å². The monoisotopic (exact) mass is 311 g/mol. The van der Waals surface area contributed by atoms with Crippen molar-refractivity contribution in [2.24, 2.45) is 0 Å². The average molecular weight is 311 g/mol. The molecule has 0 fully saturated rings. The molecule has 0 aliphatic rings. The Labute approximate surface area is 133 Å². The number of anilines is 1. The van der Waals surface area contributed by atoms with Crippen LogP contribution in [0.2, 0.25) is 0 Å². The molecule has 1 amide bonds. The molecular weight excluding hydrogens is 294 g/mol. The number of pyridine rings is 1. The summed E-state index contributed by atoms with van der Waals surface area (Å²) < 4.78 is 12.3. The van der Waals surface area contributed by atoms with Crippen LogP contribution in [0, 0.1) is 6.92 Å². The number of amides is 1. The molecule has 0 unspecified atom stereocenters. The largest absolute Gasteiger partial charge is 0.497 e. The van der Waals surface area contributed by atoms with Crippen molar-refractivity contribution in [3.8, 4) is 11.5 Å². The Balaban J connectivity index is 1.98. The minimum absolute atomic E-state index is 0.298. The second-order valence-corrected chi connectivity index (χ2v) is 4.98. The van der Waals surface area contributed by atoms with Crippen LogP contribution in [0.5, 0.6) is 11.5 Å². The topological polar surface area (TPSA) is 64.9 Å². The molecule has 0 aliphatic heterocycles. The Kier molecular flexibility index (Phi) is 3.89. The molecule has 0 spiro atoms. The van der Waals surface area contributed by atoms with Crippen LogP contribution < -0.4 is 14.8 Å². The molecule has 1 aromatic carbocycles. The van der Waals surface area contributed by atoms with Gasteiger partial charge in [-0.3, -0.25) is 4.79 Å². The van der Waals surface area contributed by atoms with E-state index in [0.29, 0.717) is 22.9 Å². The van der Waals surface area contributed by atoms with Gasteiger partial charge in [-0.2, -0.15) is 0 Å². The number of methoxy groups -OCH3 is 2. The maximum atomic E-state index is 12.6. The lowest BCUT2D eigenvalue weighted by Gasteiger charge is -2.11. The van der Waals surface area contributed by atoms with Gasteiger partial charge in [-0.25, -0.2) is 4.98 Å². The van der Waals surface area contributed by atoms with E-state index in [0.717, 1.165) is 11.3 Å². The lowest BCUT2D eigenvalue weighted by molar-refractivity contribution is 0.102. The van der Waals surface area contributed by atoms with Crippen molar-refractivity contribution in [1.82, 2.24) is 9.38 Å². The second kappa shape index (κ2) is 6.00. The number of carbonyl (C=O) groups excluding carboxylic acids is 1. The van der Waals surface area contributed by atoms with Crippen LogP contribution in [0.3, 0.4) is 0 Å². The Morgan fingerprint density at radius 2 is 2.00 bits per heavy atom. The second-order valence-electron chi connectivity index (χ2n) is 4.98. The fourth-order valence-electron chi connectivity index (χ4n) is 2.45. The maximum absolute atomic E-state index is 12.6. The molecule has 3 aromatic rings. The highest BCUT2D eigenvalue weighted by atomic mass is 16.5. The van der Waals surface area contributed by atoms with Crippen molar-refractivity contribution >= 4 is 17.1 Å². The summed E-state index contributed by atoms with van der Waals surface area (Å²) >= 11 is 0. The average Bonchev–Trinajstić information content (AvgIpc) is 2.92. The number of nitrogens with zero attached hydrogens (tertiary/aromatic N) is 2. The van der Waals surface area contributed by atoms with Gasteiger partial charge >= 0.3 is 0 Å². The van der Waals surface area contributed by atoms with E-state index in [2.05, 4.69) is 10.3 Å². The summed E-state index contributed by atoms with van der Waals surface area (Å²) in [5.74, 6) is 1.64. The molecule has 23 heavy (non-hydrogen) atoms. The number of aromatic nitrogens is 2. The van der Waals surface area contributed by atoms with Crippen LogP contribution in [0.25, 0.3) is 5.52 Å². The summed E-state index contributed by atoms with van der Waals surface area (Å²) in [6.07, 6.45) is 1.88. The number of rotatable bonds is 4. The maximum Gasteiger partial charge on any atom is 0.276 e. The molecular formula is C17H17N3O3. The first-order chi connectivity index (χ1) is 11.1. The molecule has 0 radical (unpaired) electrons. The summed E-state index contributed by atoms with van der Waals surface area (Å²) in [5, 5.41) is 2.84. The third kappa shape index (κ3) is 2.70. The first-order valence-electron chi connectivity index (χ1n) is 7.11. The number of nitrogens with one attached hydrogen (secondary N) is 1. The predicted molar refractivity (Wildman–Crippen MR) is 87.4 cm³/mol. The molecule has 6 heteroatoms. The normalized spacial score (nSPS) is 10.6. The molecule has 1 N–H and O–H groups in total.